The molecule has 1 aliphatic rings. The Morgan fingerprint density at radius 2 is 2.50 bits per heavy atom. The van der Waals surface area contributed by atoms with Crippen LogP contribution in [-0.4, -0.2) is 23.7 Å². The third kappa shape index (κ3) is 1.70. The number of hydrogen-bond acceptors (Lipinski definition) is 2. The molecule has 2 atom stereocenters. The molecule has 0 spiro atoms. The summed E-state index contributed by atoms with van der Waals surface area (Å²) in [4.78, 5) is 10.8. The van der Waals surface area contributed by atoms with Crippen molar-refractivity contribution in [2.45, 2.75) is 25.9 Å². The Kier molecular flexibility index (Phi) is 2.27. The van der Waals surface area contributed by atoms with Gasteiger partial charge >= 0.3 is 0 Å². The van der Waals surface area contributed by atoms with Crippen molar-refractivity contribution in [2.24, 2.45) is 5.92 Å². The lowest BCUT2D eigenvalue weighted by atomic mass is 9.93. The van der Waals surface area contributed by atoms with Gasteiger partial charge in [-0.3, -0.25) is 4.79 Å². The average Bonchev–Trinajstić information content (AvgIpc) is 1.88. The van der Waals surface area contributed by atoms with Gasteiger partial charge in [0.15, 0.2) is 0 Å². The van der Waals surface area contributed by atoms with E-state index in [1.54, 1.807) is 6.92 Å². The Morgan fingerprint density at radius 1 is 1.80 bits per heavy atom. The number of carbonyl (C=O) groups excluding carboxylic acids is 1. The fraction of sp³-hybridized carbons (Fsp3) is 0.857. The van der Waals surface area contributed by atoms with Gasteiger partial charge in [0.05, 0.1) is 6.10 Å². The molecule has 0 radical (unpaired) electrons. The standard InChI is InChI=1S/C7H13NO2/c1-5(9)6-2-3-8-7(10)4-6/h5-6,9H,2-4H2,1H3,(H,8,10)/t5-,6+/m1/s1. The first-order valence-corrected chi connectivity index (χ1v) is 3.65. The Labute approximate surface area is 60.4 Å². The average molecular weight is 143 g/mol. The van der Waals surface area contributed by atoms with E-state index >= 15 is 0 Å². The van der Waals surface area contributed by atoms with E-state index in [4.69, 9.17) is 5.11 Å². The van der Waals surface area contributed by atoms with Crippen molar-refractivity contribution in [1.82, 2.24) is 5.32 Å². The second-order valence-corrected chi connectivity index (χ2v) is 2.84. The largest absolute Gasteiger partial charge is 0.393 e. The van der Waals surface area contributed by atoms with Crippen molar-refractivity contribution >= 4 is 5.91 Å². The molecule has 1 rings (SSSR count). The van der Waals surface area contributed by atoms with Crippen LogP contribution in [0.5, 0.6) is 0 Å². The SMILES string of the molecule is C[C@@H](O)[C@H]1CCNC(=O)C1. The molecule has 1 aliphatic heterocycles. The lowest BCUT2D eigenvalue weighted by Gasteiger charge is -2.23. The summed E-state index contributed by atoms with van der Waals surface area (Å²) in [6.45, 7) is 2.46. The molecule has 2 N–H and O–H groups in total. The molecular formula is C7H13NO2. The van der Waals surface area contributed by atoms with Crippen LogP contribution >= 0.6 is 0 Å². The highest BCUT2D eigenvalue weighted by Gasteiger charge is 2.22. The molecule has 0 aromatic rings. The molecule has 0 aromatic carbocycles. The van der Waals surface area contributed by atoms with Crippen molar-refractivity contribution in [3.8, 4) is 0 Å². The van der Waals surface area contributed by atoms with Gasteiger partial charge in [-0.1, -0.05) is 0 Å². The van der Waals surface area contributed by atoms with E-state index in [-0.39, 0.29) is 17.9 Å². The second-order valence-electron chi connectivity index (χ2n) is 2.84. The van der Waals surface area contributed by atoms with E-state index < -0.39 is 0 Å². The summed E-state index contributed by atoms with van der Waals surface area (Å²) in [6.07, 6.45) is 1.05. The van der Waals surface area contributed by atoms with E-state index in [1.807, 2.05) is 0 Å². The van der Waals surface area contributed by atoms with Gasteiger partial charge in [0.2, 0.25) is 5.91 Å². The normalized spacial score (nSPS) is 29.4. The minimum atomic E-state index is -0.342. The summed E-state index contributed by atoms with van der Waals surface area (Å²) in [7, 11) is 0. The first kappa shape index (κ1) is 7.54. The van der Waals surface area contributed by atoms with Crippen LogP contribution in [0, 0.1) is 5.92 Å². The molecule has 1 heterocycles. The van der Waals surface area contributed by atoms with Crippen LogP contribution in [0.4, 0.5) is 0 Å². The van der Waals surface area contributed by atoms with E-state index in [0.29, 0.717) is 13.0 Å². The molecule has 1 amide bonds. The predicted octanol–water partition coefficient (Wildman–Crippen LogP) is -0.107. The number of carbonyl (C=O) groups is 1. The lowest BCUT2D eigenvalue weighted by molar-refractivity contribution is -0.124. The van der Waals surface area contributed by atoms with Crippen LogP contribution in [0.3, 0.4) is 0 Å². The van der Waals surface area contributed by atoms with Gasteiger partial charge in [0.1, 0.15) is 0 Å². The van der Waals surface area contributed by atoms with E-state index in [1.165, 1.54) is 0 Å². The van der Waals surface area contributed by atoms with Crippen LogP contribution < -0.4 is 5.32 Å². The van der Waals surface area contributed by atoms with Crippen LogP contribution in [0.1, 0.15) is 19.8 Å². The molecule has 1 saturated heterocycles. The molecule has 10 heavy (non-hydrogen) atoms. The van der Waals surface area contributed by atoms with Crippen LogP contribution in [-0.2, 0) is 4.79 Å². The Balaban J connectivity index is 2.39. The van der Waals surface area contributed by atoms with Gasteiger partial charge in [-0.2, -0.15) is 0 Å². The van der Waals surface area contributed by atoms with Crippen molar-refractivity contribution in [1.29, 1.82) is 0 Å². The summed E-state index contributed by atoms with van der Waals surface area (Å²) in [5.74, 6) is 0.242. The number of hydrogen-bond donors (Lipinski definition) is 2. The number of piperidine rings is 1. The third-order valence-electron chi connectivity index (χ3n) is 1.97. The Morgan fingerprint density at radius 3 is 2.90 bits per heavy atom. The molecule has 0 aliphatic carbocycles. The highest BCUT2D eigenvalue weighted by Crippen LogP contribution is 2.15. The van der Waals surface area contributed by atoms with Crippen LogP contribution in [0.25, 0.3) is 0 Å². The zero-order chi connectivity index (χ0) is 7.56. The number of nitrogens with one attached hydrogen (secondary N) is 1. The first-order chi connectivity index (χ1) is 4.70. The summed E-state index contributed by atoms with van der Waals surface area (Å²) in [6, 6.07) is 0. The summed E-state index contributed by atoms with van der Waals surface area (Å²) in [5.41, 5.74) is 0. The van der Waals surface area contributed by atoms with Gasteiger partial charge in [-0.05, 0) is 19.3 Å². The molecule has 0 saturated carbocycles. The van der Waals surface area contributed by atoms with Crippen molar-refractivity contribution in [2.75, 3.05) is 6.54 Å². The Bertz CT molecular complexity index is 134. The monoisotopic (exact) mass is 143 g/mol. The summed E-state index contributed by atoms with van der Waals surface area (Å²) < 4.78 is 0. The lowest BCUT2D eigenvalue weighted by Crippen LogP contribution is -2.37. The van der Waals surface area contributed by atoms with E-state index in [9.17, 15) is 4.79 Å². The molecule has 0 aromatic heterocycles. The van der Waals surface area contributed by atoms with Gasteiger partial charge < -0.3 is 10.4 Å². The topological polar surface area (TPSA) is 49.3 Å². The zero-order valence-corrected chi connectivity index (χ0v) is 6.13. The van der Waals surface area contributed by atoms with E-state index in [2.05, 4.69) is 5.32 Å². The van der Waals surface area contributed by atoms with Crippen molar-refractivity contribution in [3.63, 3.8) is 0 Å². The maximum absolute atomic E-state index is 10.8. The summed E-state index contributed by atoms with van der Waals surface area (Å²) >= 11 is 0. The smallest absolute Gasteiger partial charge is 0.220 e. The molecular weight excluding hydrogens is 130 g/mol. The number of aliphatic hydroxyl groups excluding tert-OH is 1. The zero-order valence-electron chi connectivity index (χ0n) is 6.13. The first-order valence-electron chi connectivity index (χ1n) is 3.65. The highest BCUT2D eigenvalue weighted by atomic mass is 16.3. The van der Waals surface area contributed by atoms with Gasteiger partial charge in [-0.25, -0.2) is 0 Å². The number of amides is 1. The maximum atomic E-state index is 10.8. The second kappa shape index (κ2) is 3.01. The van der Waals surface area contributed by atoms with Gasteiger partial charge in [-0.15, -0.1) is 0 Å². The quantitative estimate of drug-likeness (QED) is 0.538. The van der Waals surface area contributed by atoms with Gasteiger partial charge in [0, 0.05) is 13.0 Å². The molecule has 3 nitrogen and oxygen atoms in total. The molecule has 58 valence electrons. The maximum Gasteiger partial charge on any atom is 0.220 e. The van der Waals surface area contributed by atoms with Crippen LogP contribution in [0.15, 0.2) is 0 Å². The van der Waals surface area contributed by atoms with Crippen molar-refractivity contribution < 1.29 is 9.90 Å². The molecule has 1 fully saturated rings. The fourth-order valence-electron chi connectivity index (χ4n) is 1.22. The Hall–Kier alpha value is -0.570. The van der Waals surface area contributed by atoms with E-state index in [0.717, 1.165) is 6.42 Å². The predicted molar refractivity (Wildman–Crippen MR) is 37.4 cm³/mol. The van der Waals surface area contributed by atoms with Crippen molar-refractivity contribution in [3.05, 3.63) is 0 Å². The minimum Gasteiger partial charge on any atom is -0.393 e. The van der Waals surface area contributed by atoms with Crippen LogP contribution in [0.2, 0.25) is 0 Å². The number of rotatable bonds is 1. The molecule has 3 heteroatoms. The third-order valence-corrected chi connectivity index (χ3v) is 1.97. The molecule has 0 bridgehead atoms. The number of aliphatic hydroxyl groups is 1. The fourth-order valence-corrected chi connectivity index (χ4v) is 1.22. The minimum absolute atomic E-state index is 0.0668. The molecule has 0 unspecified atom stereocenters. The van der Waals surface area contributed by atoms with Gasteiger partial charge in [0.25, 0.3) is 0 Å². The highest BCUT2D eigenvalue weighted by molar-refractivity contribution is 5.76. The summed E-state index contributed by atoms with van der Waals surface area (Å²) in [5, 5.41) is 11.8.